The van der Waals surface area contributed by atoms with E-state index in [1.807, 2.05) is 0 Å². The van der Waals surface area contributed by atoms with E-state index in [1.54, 1.807) is 0 Å². The number of ether oxygens (including phenoxy) is 1. The normalized spacial score (nSPS) is 21.3. The van der Waals surface area contributed by atoms with E-state index in [1.165, 1.54) is 70.2 Å². The summed E-state index contributed by atoms with van der Waals surface area (Å²) in [6.45, 7) is 8.07. The first-order valence-electron chi connectivity index (χ1n) is 10.4. The fourth-order valence-corrected chi connectivity index (χ4v) is 24.7. The summed E-state index contributed by atoms with van der Waals surface area (Å²) in [6, 6.07) is 11.4. The summed E-state index contributed by atoms with van der Waals surface area (Å²) >= 11 is -2.49. The maximum atomic E-state index is 6.78. The molecule has 1 heterocycles. The second-order valence-corrected chi connectivity index (χ2v) is 21.6. The van der Waals surface area contributed by atoms with Crippen molar-refractivity contribution < 1.29 is 4.74 Å². The molecule has 0 radical (unpaired) electrons. The first-order chi connectivity index (χ1) is 11.7. The van der Waals surface area contributed by atoms with Crippen molar-refractivity contribution in [1.29, 1.82) is 0 Å². The van der Waals surface area contributed by atoms with Gasteiger partial charge in [0.1, 0.15) is 0 Å². The van der Waals surface area contributed by atoms with Crippen LogP contribution in [0.25, 0.3) is 0 Å². The summed E-state index contributed by atoms with van der Waals surface area (Å²) in [7, 11) is 0. The molecule has 0 saturated carbocycles. The van der Waals surface area contributed by atoms with Crippen molar-refractivity contribution in [3.05, 3.63) is 35.9 Å². The molecular formula is C22H38OSn. The van der Waals surface area contributed by atoms with E-state index in [4.69, 9.17) is 4.74 Å². The molecule has 0 aromatic heterocycles. The molecule has 0 N–H and O–H groups in total. The van der Waals surface area contributed by atoms with Crippen LogP contribution in [-0.2, 0) is 8.35 Å². The Balaban J connectivity index is 2.45. The van der Waals surface area contributed by atoms with E-state index in [-0.39, 0.29) is 3.62 Å². The van der Waals surface area contributed by atoms with Gasteiger partial charge in [-0.25, -0.2) is 0 Å². The summed E-state index contributed by atoms with van der Waals surface area (Å²) < 4.78 is 11.5. The van der Waals surface area contributed by atoms with Crippen LogP contribution in [0.2, 0.25) is 13.3 Å². The Labute approximate surface area is 154 Å². The summed E-state index contributed by atoms with van der Waals surface area (Å²) in [5, 5.41) is 0. The van der Waals surface area contributed by atoms with Crippen molar-refractivity contribution in [3.8, 4) is 0 Å². The Kier molecular flexibility index (Phi) is 8.63. The van der Waals surface area contributed by atoms with Gasteiger partial charge in [-0.1, -0.05) is 0 Å². The van der Waals surface area contributed by atoms with Crippen molar-refractivity contribution in [2.24, 2.45) is 0 Å². The Bertz CT molecular complexity index is 429. The second-order valence-electron chi connectivity index (χ2n) is 7.74. The molecule has 0 bridgehead atoms. The van der Waals surface area contributed by atoms with Gasteiger partial charge in [-0.3, -0.25) is 0 Å². The van der Waals surface area contributed by atoms with Crippen LogP contribution in [0, 0.1) is 0 Å². The molecule has 136 valence electrons. The molecule has 1 saturated heterocycles. The third kappa shape index (κ3) is 4.38. The third-order valence-electron chi connectivity index (χ3n) is 6.15. The van der Waals surface area contributed by atoms with Crippen molar-refractivity contribution in [2.75, 3.05) is 6.61 Å². The molecule has 1 atom stereocenters. The Hall–Kier alpha value is -0.0213. The molecular weight excluding hydrogens is 399 g/mol. The standard InChI is InChI=1S/C10H11O.3C4H9.Sn/c1-2-5-9(6-3-1)10-7-4-8-11-10;3*1-3-4-2;/h1-3,5-6H,4,7-8H2;3*1,3-4H2,2H3;. The second kappa shape index (κ2) is 10.2. The van der Waals surface area contributed by atoms with E-state index < -0.39 is 18.4 Å². The van der Waals surface area contributed by atoms with Crippen LogP contribution in [0.5, 0.6) is 0 Å². The molecule has 2 rings (SSSR count). The number of hydrogen-bond donors (Lipinski definition) is 0. The predicted octanol–water partition coefficient (Wildman–Crippen LogP) is 7.08. The number of unbranched alkanes of at least 4 members (excludes halogenated alkanes) is 3. The van der Waals surface area contributed by atoms with Gasteiger partial charge in [-0.05, 0) is 0 Å². The average Bonchev–Trinajstić information content (AvgIpc) is 3.14. The fourth-order valence-electron chi connectivity index (χ4n) is 4.83. The zero-order valence-electron chi connectivity index (χ0n) is 16.3. The monoisotopic (exact) mass is 438 g/mol. The van der Waals surface area contributed by atoms with Crippen molar-refractivity contribution in [1.82, 2.24) is 0 Å². The molecule has 2 heteroatoms. The van der Waals surface area contributed by atoms with Gasteiger partial charge in [0.25, 0.3) is 0 Å². The van der Waals surface area contributed by atoms with Crippen LogP contribution in [0.15, 0.2) is 30.3 Å². The van der Waals surface area contributed by atoms with Crippen molar-refractivity contribution >= 4 is 18.4 Å². The topological polar surface area (TPSA) is 9.23 Å². The zero-order chi connectivity index (χ0) is 17.3. The fraction of sp³-hybridized carbons (Fsp3) is 0.727. The van der Waals surface area contributed by atoms with E-state index in [0.717, 1.165) is 6.61 Å². The molecule has 1 aliphatic rings. The molecule has 1 aliphatic heterocycles. The van der Waals surface area contributed by atoms with Crippen LogP contribution in [0.3, 0.4) is 0 Å². The average molecular weight is 437 g/mol. The molecule has 1 unspecified atom stereocenters. The molecule has 0 aliphatic carbocycles. The van der Waals surface area contributed by atoms with Gasteiger partial charge >= 0.3 is 155 Å². The van der Waals surface area contributed by atoms with Gasteiger partial charge < -0.3 is 0 Å². The summed E-state index contributed by atoms with van der Waals surface area (Å²) in [5.41, 5.74) is 1.53. The molecule has 0 spiro atoms. The van der Waals surface area contributed by atoms with Gasteiger partial charge in [0.15, 0.2) is 0 Å². The quantitative estimate of drug-likeness (QED) is 0.336. The van der Waals surface area contributed by atoms with Gasteiger partial charge in [0.05, 0.1) is 0 Å². The molecule has 24 heavy (non-hydrogen) atoms. The van der Waals surface area contributed by atoms with Gasteiger partial charge in [0, 0.05) is 0 Å². The van der Waals surface area contributed by atoms with E-state index >= 15 is 0 Å². The van der Waals surface area contributed by atoms with Crippen LogP contribution < -0.4 is 0 Å². The zero-order valence-corrected chi connectivity index (χ0v) is 19.1. The summed E-state index contributed by atoms with van der Waals surface area (Å²) in [4.78, 5) is 0. The SMILES string of the molecule is CCC[CH2][Sn]([CH2]CCC)([CH2]CCC)[C]1(c2ccccc2)CCCO1. The molecule has 1 nitrogen and oxygen atoms in total. The Morgan fingerprint density at radius 3 is 1.83 bits per heavy atom. The number of hydrogen-bond acceptors (Lipinski definition) is 1. The van der Waals surface area contributed by atoms with Crippen LogP contribution in [-0.4, -0.2) is 25.0 Å². The van der Waals surface area contributed by atoms with Crippen molar-refractivity contribution in [3.63, 3.8) is 0 Å². The Morgan fingerprint density at radius 1 is 0.875 bits per heavy atom. The number of benzene rings is 1. The maximum absolute atomic E-state index is 6.78. The van der Waals surface area contributed by atoms with E-state index in [0.29, 0.717) is 0 Å². The van der Waals surface area contributed by atoms with Gasteiger partial charge in [-0.15, -0.1) is 0 Å². The first-order valence-corrected chi connectivity index (χ1v) is 17.9. The summed E-state index contributed by atoms with van der Waals surface area (Å²) in [6.07, 6.45) is 10.8. The van der Waals surface area contributed by atoms with E-state index in [9.17, 15) is 0 Å². The minimum absolute atomic E-state index is 0.162. The Morgan fingerprint density at radius 2 is 1.42 bits per heavy atom. The molecule has 0 amide bonds. The van der Waals surface area contributed by atoms with Gasteiger partial charge in [0.2, 0.25) is 0 Å². The first kappa shape index (κ1) is 20.3. The van der Waals surface area contributed by atoms with Crippen LogP contribution in [0.4, 0.5) is 0 Å². The minimum atomic E-state index is -2.49. The van der Waals surface area contributed by atoms with E-state index in [2.05, 4.69) is 51.1 Å². The molecule has 1 fully saturated rings. The van der Waals surface area contributed by atoms with Crippen LogP contribution in [0.1, 0.15) is 77.7 Å². The molecule has 1 aromatic carbocycles. The predicted molar refractivity (Wildman–Crippen MR) is 108 cm³/mol. The molecule has 1 aromatic rings. The van der Waals surface area contributed by atoms with Gasteiger partial charge in [-0.2, -0.15) is 0 Å². The third-order valence-corrected chi connectivity index (χ3v) is 24.2. The van der Waals surface area contributed by atoms with Crippen molar-refractivity contribution in [2.45, 2.75) is 89.1 Å². The summed E-state index contributed by atoms with van der Waals surface area (Å²) in [5.74, 6) is 0. The van der Waals surface area contributed by atoms with Crippen LogP contribution >= 0.6 is 0 Å². The number of rotatable bonds is 11.